The van der Waals surface area contributed by atoms with Gasteiger partial charge in [0.25, 0.3) is 0 Å². The van der Waals surface area contributed by atoms with Crippen molar-refractivity contribution in [3.63, 3.8) is 0 Å². The smallest absolute Gasteiger partial charge is 0.325 e. The highest BCUT2D eigenvalue weighted by molar-refractivity contribution is 6.04. The van der Waals surface area contributed by atoms with Gasteiger partial charge in [-0.3, -0.25) is 9.69 Å². The number of nitrogens with zero attached hydrogens (tertiary/aromatic N) is 2. The molecule has 0 atom stereocenters. The lowest BCUT2D eigenvalue weighted by Gasteiger charge is -2.19. The molecule has 1 N–H and O–H groups in total. The van der Waals surface area contributed by atoms with Crippen LogP contribution in [0.3, 0.4) is 0 Å². The van der Waals surface area contributed by atoms with Crippen LogP contribution in [0.25, 0.3) is 10.8 Å². The van der Waals surface area contributed by atoms with Gasteiger partial charge in [0.05, 0.1) is 0 Å². The number of carbonyl (C=O) groups is 2. The van der Waals surface area contributed by atoms with Gasteiger partial charge in [-0.15, -0.1) is 0 Å². The Labute approximate surface area is 167 Å². The normalized spacial score (nSPS) is 15.2. The fraction of sp³-hybridized carbons (Fsp3) is 0.182. The van der Waals surface area contributed by atoms with Crippen molar-refractivity contribution in [1.29, 1.82) is 0 Å². The minimum atomic E-state index is -0.220. The fourth-order valence-corrected chi connectivity index (χ4v) is 3.72. The molecule has 146 valence electrons. The number of benzene rings is 3. The van der Waals surface area contributed by atoms with Gasteiger partial charge in [-0.05, 0) is 23.6 Å². The number of fused-ring (bicyclic) bond motifs is 2. The van der Waals surface area contributed by atoms with Crippen LogP contribution in [0.15, 0.2) is 60.7 Å². The van der Waals surface area contributed by atoms with E-state index in [1.807, 2.05) is 48.5 Å². The number of urea groups is 1. The maximum atomic E-state index is 12.8. The summed E-state index contributed by atoms with van der Waals surface area (Å²) in [5, 5.41) is 4.96. The van der Waals surface area contributed by atoms with E-state index in [1.54, 1.807) is 21.9 Å². The monoisotopic (exact) mass is 389 g/mol. The molecule has 1 saturated heterocycles. The topological polar surface area (TPSA) is 71.1 Å². The number of carbonyl (C=O) groups excluding carboxylic acids is 2. The largest absolute Gasteiger partial charge is 0.454 e. The van der Waals surface area contributed by atoms with Crippen molar-refractivity contribution in [3.05, 3.63) is 60.7 Å². The summed E-state index contributed by atoms with van der Waals surface area (Å²) in [6, 6.07) is 18.8. The molecule has 3 aromatic carbocycles. The third kappa shape index (κ3) is 3.20. The van der Waals surface area contributed by atoms with Crippen LogP contribution in [-0.4, -0.2) is 43.3 Å². The molecule has 0 radical (unpaired) electrons. The summed E-state index contributed by atoms with van der Waals surface area (Å²) < 4.78 is 10.7. The maximum absolute atomic E-state index is 12.8. The molecule has 5 rings (SSSR count). The average molecular weight is 389 g/mol. The highest BCUT2D eigenvalue weighted by Crippen LogP contribution is 2.36. The molecular formula is C22H19N3O4. The minimum Gasteiger partial charge on any atom is -0.454 e. The van der Waals surface area contributed by atoms with Gasteiger partial charge >= 0.3 is 6.03 Å². The Morgan fingerprint density at radius 1 is 0.966 bits per heavy atom. The van der Waals surface area contributed by atoms with Crippen LogP contribution in [0.4, 0.5) is 16.2 Å². The lowest BCUT2D eigenvalue weighted by molar-refractivity contribution is -0.116. The summed E-state index contributed by atoms with van der Waals surface area (Å²) in [5.74, 6) is 1.08. The van der Waals surface area contributed by atoms with E-state index in [0.717, 1.165) is 22.1 Å². The number of nitrogens with one attached hydrogen (secondary N) is 1. The number of hydrogen-bond donors (Lipinski definition) is 1. The summed E-state index contributed by atoms with van der Waals surface area (Å²) in [5.41, 5.74) is 1.48. The second kappa shape index (κ2) is 7.01. The van der Waals surface area contributed by atoms with Gasteiger partial charge in [0.2, 0.25) is 12.7 Å². The Hall–Kier alpha value is -3.74. The number of anilines is 2. The molecule has 0 spiro atoms. The van der Waals surface area contributed by atoms with Gasteiger partial charge < -0.3 is 19.7 Å². The molecule has 7 heteroatoms. The van der Waals surface area contributed by atoms with Crippen molar-refractivity contribution in [2.24, 2.45) is 0 Å². The zero-order chi connectivity index (χ0) is 19.8. The van der Waals surface area contributed by atoms with Crippen LogP contribution in [0.2, 0.25) is 0 Å². The molecule has 0 aliphatic carbocycles. The van der Waals surface area contributed by atoms with Crippen LogP contribution in [0.1, 0.15) is 0 Å². The van der Waals surface area contributed by atoms with E-state index >= 15 is 0 Å². The average Bonchev–Trinajstić information content (AvgIpc) is 3.34. The van der Waals surface area contributed by atoms with E-state index < -0.39 is 0 Å². The summed E-state index contributed by atoms with van der Waals surface area (Å²) in [6.45, 7) is 1.19. The van der Waals surface area contributed by atoms with Crippen molar-refractivity contribution in [2.75, 3.05) is 36.6 Å². The third-order valence-electron chi connectivity index (χ3n) is 5.16. The summed E-state index contributed by atoms with van der Waals surface area (Å²) >= 11 is 0. The lowest BCUT2D eigenvalue weighted by Crippen LogP contribution is -2.37. The summed E-state index contributed by atoms with van der Waals surface area (Å²) in [6.07, 6.45) is 0. The molecule has 2 aliphatic rings. The van der Waals surface area contributed by atoms with Crippen molar-refractivity contribution in [3.8, 4) is 11.5 Å². The summed E-state index contributed by atoms with van der Waals surface area (Å²) in [7, 11) is 0. The molecular weight excluding hydrogens is 370 g/mol. The van der Waals surface area contributed by atoms with Gasteiger partial charge in [-0.25, -0.2) is 4.79 Å². The van der Waals surface area contributed by atoms with Crippen LogP contribution in [0.5, 0.6) is 11.5 Å². The first-order chi connectivity index (χ1) is 14.2. The van der Waals surface area contributed by atoms with E-state index in [9.17, 15) is 9.59 Å². The van der Waals surface area contributed by atoms with E-state index in [2.05, 4.69) is 5.32 Å². The van der Waals surface area contributed by atoms with Gasteiger partial charge in [0.1, 0.15) is 6.54 Å². The minimum absolute atomic E-state index is 0.00308. The first kappa shape index (κ1) is 17.4. The van der Waals surface area contributed by atoms with Crippen molar-refractivity contribution in [2.45, 2.75) is 0 Å². The van der Waals surface area contributed by atoms with Crippen molar-refractivity contribution in [1.82, 2.24) is 4.90 Å². The number of ether oxygens (including phenoxy) is 2. The Kier molecular flexibility index (Phi) is 4.20. The molecule has 7 nitrogen and oxygen atoms in total. The quantitative estimate of drug-likeness (QED) is 0.742. The van der Waals surface area contributed by atoms with Crippen LogP contribution >= 0.6 is 0 Å². The maximum Gasteiger partial charge on any atom is 0.325 e. The molecule has 3 amide bonds. The molecule has 0 unspecified atom stereocenters. The second-order valence-corrected chi connectivity index (χ2v) is 6.97. The van der Waals surface area contributed by atoms with Crippen molar-refractivity contribution < 1.29 is 19.1 Å². The Balaban J connectivity index is 1.27. The molecule has 2 aliphatic heterocycles. The Bertz CT molecular complexity index is 1110. The van der Waals surface area contributed by atoms with Crippen LogP contribution < -0.4 is 19.7 Å². The van der Waals surface area contributed by atoms with Crippen LogP contribution in [0, 0.1) is 0 Å². The lowest BCUT2D eigenvalue weighted by atomic mass is 10.1. The molecule has 0 saturated carbocycles. The fourth-order valence-electron chi connectivity index (χ4n) is 3.72. The molecule has 29 heavy (non-hydrogen) atoms. The highest BCUT2D eigenvalue weighted by atomic mass is 16.7. The van der Waals surface area contributed by atoms with Gasteiger partial charge in [0.15, 0.2) is 11.5 Å². The highest BCUT2D eigenvalue weighted by Gasteiger charge is 2.31. The standard InChI is InChI=1S/C22H19N3O4/c26-21(23-18-7-3-5-15-4-1-2-6-17(15)18)13-24-10-11-25(22(24)27)16-8-9-19-20(12-16)29-14-28-19/h1-9,12H,10-11,13-14H2,(H,23,26). The molecule has 0 aromatic heterocycles. The third-order valence-corrected chi connectivity index (χ3v) is 5.16. The number of hydrogen-bond acceptors (Lipinski definition) is 4. The van der Waals surface area contributed by atoms with Crippen LogP contribution in [-0.2, 0) is 4.79 Å². The summed E-state index contributed by atoms with van der Waals surface area (Å²) in [4.78, 5) is 28.6. The molecule has 3 aromatic rings. The zero-order valence-corrected chi connectivity index (χ0v) is 15.6. The SMILES string of the molecule is O=C(CN1CCN(c2ccc3c(c2)OCO3)C1=O)Nc1cccc2ccccc12. The number of amides is 3. The van der Waals surface area contributed by atoms with E-state index in [4.69, 9.17) is 9.47 Å². The van der Waals surface area contributed by atoms with Gasteiger partial charge in [-0.2, -0.15) is 0 Å². The Morgan fingerprint density at radius 3 is 2.72 bits per heavy atom. The van der Waals surface area contributed by atoms with E-state index in [0.29, 0.717) is 24.6 Å². The van der Waals surface area contributed by atoms with Crippen molar-refractivity contribution >= 4 is 34.1 Å². The predicted octanol–water partition coefficient (Wildman–Crippen LogP) is 3.45. The Morgan fingerprint density at radius 2 is 1.79 bits per heavy atom. The first-order valence-corrected chi connectivity index (χ1v) is 9.43. The van der Waals surface area contributed by atoms with Gasteiger partial charge in [0, 0.05) is 35.9 Å². The number of rotatable bonds is 4. The first-order valence-electron chi connectivity index (χ1n) is 9.43. The van der Waals surface area contributed by atoms with E-state index in [1.165, 1.54) is 0 Å². The van der Waals surface area contributed by atoms with E-state index in [-0.39, 0.29) is 25.3 Å². The predicted molar refractivity (Wildman–Crippen MR) is 109 cm³/mol. The molecule has 2 heterocycles. The molecule has 1 fully saturated rings. The van der Waals surface area contributed by atoms with Gasteiger partial charge in [-0.1, -0.05) is 36.4 Å². The molecule has 0 bridgehead atoms. The second-order valence-electron chi connectivity index (χ2n) is 6.97. The zero-order valence-electron chi connectivity index (χ0n) is 15.6.